The number of benzene rings is 3. The van der Waals surface area contributed by atoms with Crippen LogP contribution < -0.4 is 0 Å². The van der Waals surface area contributed by atoms with Crippen molar-refractivity contribution in [1.82, 2.24) is 29.1 Å². The number of fused-ring (bicyclic) bond motifs is 1. The highest BCUT2D eigenvalue weighted by atomic mass is 32.3. The maximum Gasteiger partial charge on any atom is 0.339 e. The summed E-state index contributed by atoms with van der Waals surface area (Å²) in [6.07, 6.45) is 4.89. The van der Waals surface area contributed by atoms with Crippen molar-refractivity contribution in [2.45, 2.75) is 43.0 Å². The highest BCUT2D eigenvalue weighted by Crippen LogP contribution is 2.56. The molecule has 3 aromatic carbocycles. The quantitative estimate of drug-likeness (QED) is 0.194. The topological polar surface area (TPSA) is 130 Å². The smallest absolute Gasteiger partial charge is 0.339 e. The Hall–Kier alpha value is -4.29. The molecule has 1 aliphatic carbocycles. The van der Waals surface area contributed by atoms with Crippen molar-refractivity contribution in [3.63, 3.8) is 0 Å². The zero-order valence-corrected chi connectivity index (χ0v) is 25.3. The van der Waals surface area contributed by atoms with Crippen LogP contribution in [0.5, 0.6) is 0 Å². The van der Waals surface area contributed by atoms with Gasteiger partial charge in [-0.2, -0.15) is 9.40 Å². The van der Waals surface area contributed by atoms with Gasteiger partial charge in [-0.3, -0.25) is 13.8 Å². The second-order valence-electron chi connectivity index (χ2n) is 11.9. The number of nitrogens with zero attached hydrogens (tertiary/aromatic N) is 6. The number of carboxylic acid groups (broad SMARTS) is 1. The number of aryl methyl sites for hydroxylation is 1. The Kier molecular flexibility index (Phi) is 7.13. The van der Waals surface area contributed by atoms with E-state index in [4.69, 9.17) is 0 Å². The van der Waals surface area contributed by atoms with Gasteiger partial charge in [0, 0.05) is 38.2 Å². The first-order valence-corrected chi connectivity index (χ1v) is 16.2. The number of hydrogen-bond acceptors (Lipinski definition) is 7. The van der Waals surface area contributed by atoms with Gasteiger partial charge in [-0.25, -0.2) is 9.48 Å². The van der Waals surface area contributed by atoms with Gasteiger partial charge in [0.25, 0.3) is 0 Å². The first-order chi connectivity index (χ1) is 21.2. The molecule has 1 aliphatic heterocycles. The Morgan fingerprint density at radius 3 is 2.55 bits per heavy atom. The summed E-state index contributed by atoms with van der Waals surface area (Å²) in [5.41, 5.74) is 6.37. The summed E-state index contributed by atoms with van der Waals surface area (Å²) in [7, 11) is -1.32. The number of carbonyl (C=O) groups is 1. The molecule has 11 heteroatoms. The van der Waals surface area contributed by atoms with Crippen LogP contribution in [0.2, 0.25) is 0 Å². The molecule has 3 heterocycles. The number of rotatable bonds is 7. The van der Waals surface area contributed by atoms with Crippen molar-refractivity contribution in [1.29, 1.82) is 0 Å². The van der Waals surface area contributed by atoms with Crippen LogP contribution in [0.25, 0.3) is 16.8 Å². The number of aromatic nitrogens is 5. The normalized spacial score (nSPS) is 21.8. The van der Waals surface area contributed by atoms with E-state index in [9.17, 15) is 19.0 Å². The summed E-state index contributed by atoms with van der Waals surface area (Å²) in [6, 6.07) is 23.6. The predicted octanol–water partition coefficient (Wildman–Crippen LogP) is 6.36. The van der Waals surface area contributed by atoms with Gasteiger partial charge in [0.2, 0.25) is 0 Å². The monoisotopic (exact) mass is 610 g/mol. The third-order valence-electron chi connectivity index (χ3n) is 8.60. The number of aromatic carboxylic acids is 1. The van der Waals surface area contributed by atoms with Gasteiger partial charge in [0.1, 0.15) is 5.56 Å². The van der Waals surface area contributed by atoms with Crippen molar-refractivity contribution in [2.75, 3.05) is 6.54 Å². The average Bonchev–Trinajstić information content (AvgIpc) is 3.48. The lowest BCUT2D eigenvalue weighted by molar-refractivity contribution is 0.0695. The summed E-state index contributed by atoms with van der Waals surface area (Å²) in [4.78, 5) is 12.8. The van der Waals surface area contributed by atoms with Crippen LogP contribution in [0.3, 0.4) is 0 Å². The summed E-state index contributed by atoms with van der Waals surface area (Å²) in [6.45, 7) is 3.11. The van der Waals surface area contributed by atoms with Gasteiger partial charge >= 0.3 is 5.97 Å². The van der Waals surface area contributed by atoms with Crippen LogP contribution in [0.1, 0.15) is 58.1 Å². The Morgan fingerprint density at radius 1 is 1.00 bits per heavy atom. The van der Waals surface area contributed by atoms with Gasteiger partial charge in [0.05, 0.1) is 28.2 Å². The zero-order chi connectivity index (χ0) is 30.6. The molecule has 5 aromatic rings. The van der Waals surface area contributed by atoms with Crippen molar-refractivity contribution in [2.24, 2.45) is 13.0 Å². The average molecular weight is 611 g/mol. The summed E-state index contributed by atoms with van der Waals surface area (Å²) < 4.78 is 28.0. The second-order valence-corrected chi connectivity index (χ2v) is 13.9. The summed E-state index contributed by atoms with van der Waals surface area (Å²) in [5, 5.41) is 22.8. The maximum absolute atomic E-state index is 12.2. The van der Waals surface area contributed by atoms with Gasteiger partial charge in [-0.1, -0.05) is 60.7 Å². The van der Waals surface area contributed by atoms with Gasteiger partial charge in [-0.15, -0.1) is 15.9 Å². The minimum Gasteiger partial charge on any atom is -0.478 e. The van der Waals surface area contributed by atoms with Crippen LogP contribution in [0.4, 0.5) is 0 Å². The molecule has 7 rings (SSSR count). The lowest BCUT2D eigenvalue weighted by Crippen LogP contribution is -2.30. The lowest BCUT2D eigenvalue weighted by atomic mass is 10.0. The molecule has 0 amide bonds. The van der Waals surface area contributed by atoms with Crippen LogP contribution in [-0.2, 0) is 20.0 Å². The van der Waals surface area contributed by atoms with E-state index in [0.717, 1.165) is 46.5 Å². The van der Waals surface area contributed by atoms with E-state index in [-0.39, 0.29) is 23.3 Å². The molecular formula is C33H34N6O4S. The van der Waals surface area contributed by atoms with Crippen molar-refractivity contribution in [3.8, 4) is 16.8 Å². The number of hydrogen-bond donors (Lipinski definition) is 3. The van der Waals surface area contributed by atoms with E-state index in [0.29, 0.717) is 23.7 Å². The van der Waals surface area contributed by atoms with Crippen LogP contribution in [-0.4, -0.2) is 55.8 Å². The SMILES string of the molecule is CC1Cc2ccccc2S(O)(O)N(Cc2cccc(-c3cccc(-n4ncc(C(=O)O)c4[C@H]4C[C@@H]4c4cn(C)nn4)c3)c2)C1. The predicted molar refractivity (Wildman–Crippen MR) is 168 cm³/mol. The molecular weight excluding hydrogens is 576 g/mol. The molecule has 1 unspecified atom stereocenters. The van der Waals surface area contributed by atoms with E-state index in [1.165, 1.54) is 6.20 Å². The maximum atomic E-state index is 12.2. The first-order valence-electron chi connectivity index (χ1n) is 14.7. The first kappa shape index (κ1) is 28.5. The molecule has 0 bridgehead atoms. The molecule has 44 heavy (non-hydrogen) atoms. The zero-order valence-electron chi connectivity index (χ0n) is 24.5. The molecule has 3 N–H and O–H groups in total. The third kappa shape index (κ3) is 5.22. The van der Waals surface area contributed by atoms with E-state index in [1.54, 1.807) is 9.36 Å². The lowest BCUT2D eigenvalue weighted by Gasteiger charge is -2.43. The molecule has 3 atom stereocenters. The van der Waals surface area contributed by atoms with Crippen LogP contribution in [0.15, 0.2) is 90.1 Å². The minimum atomic E-state index is -3.14. The van der Waals surface area contributed by atoms with Crippen molar-refractivity contribution < 1.29 is 19.0 Å². The highest BCUT2D eigenvalue weighted by Gasteiger charge is 2.46. The highest BCUT2D eigenvalue weighted by molar-refractivity contribution is 8.22. The Labute approximate surface area is 257 Å². The van der Waals surface area contributed by atoms with E-state index >= 15 is 0 Å². The Balaban J connectivity index is 1.18. The Morgan fingerprint density at radius 2 is 1.77 bits per heavy atom. The fraction of sp³-hybridized carbons (Fsp3) is 0.273. The van der Waals surface area contributed by atoms with E-state index in [2.05, 4.69) is 28.4 Å². The van der Waals surface area contributed by atoms with Gasteiger partial charge in [0.15, 0.2) is 0 Å². The molecule has 226 valence electrons. The van der Waals surface area contributed by atoms with E-state index in [1.807, 2.05) is 84.3 Å². The van der Waals surface area contributed by atoms with Crippen molar-refractivity contribution in [3.05, 3.63) is 113 Å². The van der Waals surface area contributed by atoms with Crippen LogP contribution >= 0.6 is 10.8 Å². The molecule has 10 nitrogen and oxygen atoms in total. The fourth-order valence-electron chi connectivity index (χ4n) is 6.44. The third-order valence-corrected chi connectivity index (χ3v) is 10.6. The summed E-state index contributed by atoms with van der Waals surface area (Å²) >= 11 is 0. The second kappa shape index (κ2) is 11.0. The largest absolute Gasteiger partial charge is 0.478 e. The van der Waals surface area contributed by atoms with Gasteiger partial charge < -0.3 is 5.11 Å². The van der Waals surface area contributed by atoms with Gasteiger partial charge in [-0.05, 0) is 65.3 Å². The van der Waals surface area contributed by atoms with E-state index < -0.39 is 16.7 Å². The molecule has 1 fully saturated rings. The van der Waals surface area contributed by atoms with Crippen molar-refractivity contribution >= 4 is 16.7 Å². The number of carboxylic acids is 1. The standard InChI is InChI=1S/C33H34N6O4S/c1-21-13-25-8-3-4-12-31(25)44(42,43)38(18-21)19-22-7-5-9-23(14-22)24-10-6-11-26(15-24)39-32(29(17-34-39)33(40)41)28-16-27(28)30-20-37(2)36-35-30/h3-12,14-15,17,20-21,27-28,42-43H,13,16,18-19H2,1-2H3,(H,40,41)/t21?,27-,28-/m0/s1. The molecule has 2 aromatic heterocycles. The fourth-order valence-corrected chi connectivity index (χ4v) is 8.27. The molecule has 0 radical (unpaired) electrons. The molecule has 2 aliphatic rings. The molecule has 0 spiro atoms. The minimum absolute atomic E-state index is 0.0202. The molecule has 0 saturated heterocycles. The molecule has 1 saturated carbocycles. The van der Waals surface area contributed by atoms with Crippen LogP contribution in [0, 0.1) is 5.92 Å². The Bertz CT molecular complexity index is 1870. The summed E-state index contributed by atoms with van der Waals surface area (Å²) in [5.74, 6) is -0.661.